The molecule has 0 spiro atoms. The third kappa shape index (κ3) is 6.79. The zero-order chi connectivity index (χ0) is 25.4. The number of rotatable bonds is 9. The standard InChI is InChI=1S/C25H19ClFN3O5/c1-2-34-23-13-17(10-18(14-28)25(31)29-20-8-6-19(27)7-9-20)12-22(26)24(23)35-15-16-4-3-5-21(11-16)30(32)33/h3-13H,2,15H2,1H3,(H,29,31)/b18-10+. The highest BCUT2D eigenvalue weighted by molar-refractivity contribution is 6.32. The number of nitrogens with zero attached hydrogens (tertiary/aromatic N) is 2. The van der Waals surface area contributed by atoms with Crippen LogP contribution in [0.5, 0.6) is 11.5 Å². The van der Waals surface area contributed by atoms with Gasteiger partial charge in [-0.1, -0.05) is 23.7 Å². The average Bonchev–Trinajstić information content (AvgIpc) is 2.83. The second-order valence-electron chi connectivity index (χ2n) is 7.11. The summed E-state index contributed by atoms with van der Waals surface area (Å²) in [6, 6.07) is 16.0. The van der Waals surface area contributed by atoms with Crippen LogP contribution in [0.1, 0.15) is 18.1 Å². The van der Waals surface area contributed by atoms with Gasteiger partial charge in [-0.05, 0) is 60.5 Å². The molecule has 10 heteroatoms. The number of nitrogens with one attached hydrogen (secondary N) is 1. The van der Waals surface area contributed by atoms with Crippen LogP contribution in [0.3, 0.4) is 0 Å². The summed E-state index contributed by atoms with van der Waals surface area (Å²) in [4.78, 5) is 23.0. The Morgan fingerprint density at radius 2 is 1.94 bits per heavy atom. The Kier molecular flexibility index (Phi) is 8.38. The molecule has 178 valence electrons. The van der Waals surface area contributed by atoms with Gasteiger partial charge < -0.3 is 14.8 Å². The number of nitro benzene ring substituents is 1. The highest BCUT2D eigenvalue weighted by Gasteiger charge is 2.16. The van der Waals surface area contributed by atoms with Gasteiger partial charge in [-0.25, -0.2) is 4.39 Å². The van der Waals surface area contributed by atoms with Gasteiger partial charge in [-0.15, -0.1) is 0 Å². The lowest BCUT2D eigenvalue weighted by Gasteiger charge is -2.15. The van der Waals surface area contributed by atoms with Gasteiger partial charge in [0.2, 0.25) is 0 Å². The fourth-order valence-corrected chi connectivity index (χ4v) is 3.31. The number of benzene rings is 3. The molecular weight excluding hydrogens is 477 g/mol. The molecule has 3 rings (SSSR count). The lowest BCUT2D eigenvalue weighted by atomic mass is 10.1. The molecule has 0 heterocycles. The molecule has 0 bridgehead atoms. The predicted molar refractivity (Wildman–Crippen MR) is 129 cm³/mol. The molecule has 1 amide bonds. The number of hydrogen-bond acceptors (Lipinski definition) is 6. The highest BCUT2D eigenvalue weighted by atomic mass is 35.5. The highest BCUT2D eigenvalue weighted by Crippen LogP contribution is 2.38. The number of nitriles is 1. The maximum Gasteiger partial charge on any atom is 0.269 e. The van der Waals surface area contributed by atoms with E-state index in [9.17, 15) is 24.6 Å². The summed E-state index contributed by atoms with van der Waals surface area (Å²) in [5, 5.41) is 23.1. The van der Waals surface area contributed by atoms with E-state index in [1.165, 1.54) is 48.5 Å². The van der Waals surface area contributed by atoms with E-state index in [0.717, 1.165) is 0 Å². The van der Waals surface area contributed by atoms with E-state index >= 15 is 0 Å². The van der Waals surface area contributed by atoms with E-state index in [1.807, 2.05) is 6.07 Å². The van der Waals surface area contributed by atoms with E-state index in [2.05, 4.69) is 5.32 Å². The van der Waals surface area contributed by atoms with Gasteiger partial charge in [-0.2, -0.15) is 5.26 Å². The summed E-state index contributed by atoms with van der Waals surface area (Å²) in [7, 11) is 0. The first-order chi connectivity index (χ1) is 16.8. The number of anilines is 1. The van der Waals surface area contributed by atoms with Gasteiger partial charge in [0.25, 0.3) is 11.6 Å². The largest absolute Gasteiger partial charge is 0.490 e. The van der Waals surface area contributed by atoms with Crippen LogP contribution in [0.25, 0.3) is 6.08 Å². The zero-order valence-corrected chi connectivity index (χ0v) is 19.2. The summed E-state index contributed by atoms with van der Waals surface area (Å²) in [6.45, 7) is 2.05. The molecule has 35 heavy (non-hydrogen) atoms. The SMILES string of the molecule is CCOc1cc(/C=C(\C#N)C(=O)Nc2ccc(F)cc2)cc(Cl)c1OCc1cccc([N+](=O)[O-])c1. The second kappa shape index (κ2) is 11.6. The number of carbonyl (C=O) groups is 1. The normalized spacial score (nSPS) is 10.9. The van der Waals surface area contributed by atoms with E-state index in [1.54, 1.807) is 25.1 Å². The minimum atomic E-state index is -0.681. The molecule has 0 atom stereocenters. The van der Waals surface area contributed by atoms with Crippen LogP contribution in [0.15, 0.2) is 66.2 Å². The second-order valence-corrected chi connectivity index (χ2v) is 7.52. The smallest absolute Gasteiger partial charge is 0.269 e. The summed E-state index contributed by atoms with van der Waals surface area (Å²) in [5.74, 6) is -0.650. The van der Waals surface area contributed by atoms with Gasteiger partial charge >= 0.3 is 0 Å². The molecule has 0 saturated heterocycles. The fraction of sp³-hybridized carbons (Fsp3) is 0.120. The molecule has 3 aromatic rings. The Balaban J connectivity index is 1.84. The third-order valence-electron chi connectivity index (χ3n) is 4.61. The van der Waals surface area contributed by atoms with Crippen LogP contribution in [0, 0.1) is 27.3 Å². The first-order valence-electron chi connectivity index (χ1n) is 10.3. The van der Waals surface area contributed by atoms with Gasteiger partial charge in [0.05, 0.1) is 16.6 Å². The van der Waals surface area contributed by atoms with Crippen molar-refractivity contribution >= 4 is 35.0 Å². The Bertz CT molecular complexity index is 1320. The van der Waals surface area contributed by atoms with Crippen LogP contribution in [-0.2, 0) is 11.4 Å². The molecule has 0 unspecified atom stereocenters. The van der Waals surface area contributed by atoms with Crippen molar-refractivity contribution in [2.24, 2.45) is 0 Å². The van der Waals surface area contributed by atoms with Crippen molar-refractivity contribution in [2.45, 2.75) is 13.5 Å². The molecule has 0 aliphatic rings. The molecular formula is C25H19ClFN3O5. The van der Waals surface area contributed by atoms with E-state index in [4.69, 9.17) is 21.1 Å². The van der Waals surface area contributed by atoms with E-state index in [0.29, 0.717) is 16.8 Å². The van der Waals surface area contributed by atoms with Gasteiger partial charge in [0.1, 0.15) is 24.1 Å². The summed E-state index contributed by atoms with van der Waals surface area (Å²) in [6.07, 6.45) is 1.33. The molecule has 0 aromatic heterocycles. The minimum Gasteiger partial charge on any atom is -0.490 e. The molecule has 3 aromatic carbocycles. The summed E-state index contributed by atoms with van der Waals surface area (Å²) < 4.78 is 24.5. The Morgan fingerprint density at radius 1 is 1.20 bits per heavy atom. The quantitative estimate of drug-likeness (QED) is 0.171. The van der Waals surface area contributed by atoms with Crippen LogP contribution >= 0.6 is 11.6 Å². The van der Waals surface area contributed by atoms with Crippen molar-refractivity contribution in [2.75, 3.05) is 11.9 Å². The molecule has 0 fully saturated rings. The minimum absolute atomic E-state index is 0.000180. The van der Waals surface area contributed by atoms with Crippen LogP contribution in [0.4, 0.5) is 15.8 Å². The summed E-state index contributed by atoms with van der Waals surface area (Å²) in [5.41, 5.74) is 1.03. The lowest BCUT2D eigenvalue weighted by molar-refractivity contribution is -0.384. The monoisotopic (exact) mass is 495 g/mol. The maximum absolute atomic E-state index is 13.1. The van der Waals surface area contributed by atoms with Gasteiger partial charge in [0, 0.05) is 17.8 Å². The molecule has 1 N–H and O–H groups in total. The number of ether oxygens (including phenoxy) is 2. The molecule has 0 aliphatic carbocycles. The number of carbonyl (C=O) groups excluding carboxylic acids is 1. The Labute approximate surface area is 205 Å². The number of hydrogen-bond donors (Lipinski definition) is 1. The molecule has 8 nitrogen and oxygen atoms in total. The lowest BCUT2D eigenvalue weighted by Crippen LogP contribution is -2.13. The first-order valence-corrected chi connectivity index (χ1v) is 10.7. The summed E-state index contributed by atoms with van der Waals surface area (Å²) >= 11 is 6.41. The molecule has 0 aliphatic heterocycles. The van der Waals surface area contributed by atoms with Crippen molar-refractivity contribution in [3.8, 4) is 17.6 Å². The van der Waals surface area contributed by atoms with Crippen molar-refractivity contribution in [3.05, 3.63) is 98.3 Å². The van der Waals surface area contributed by atoms with Gasteiger partial charge in [0.15, 0.2) is 11.5 Å². The Morgan fingerprint density at radius 3 is 2.60 bits per heavy atom. The van der Waals surface area contributed by atoms with Gasteiger partial charge in [-0.3, -0.25) is 14.9 Å². The van der Waals surface area contributed by atoms with Crippen LogP contribution < -0.4 is 14.8 Å². The average molecular weight is 496 g/mol. The molecule has 0 radical (unpaired) electrons. The molecule has 0 saturated carbocycles. The number of halogens is 2. The zero-order valence-electron chi connectivity index (χ0n) is 18.5. The fourth-order valence-electron chi connectivity index (χ4n) is 3.04. The third-order valence-corrected chi connectivity index (χ3v) is 4.90. The van der Waals surface area contributed by atoms with Crippen molar-refractivity contribution in [1.29, 1.82) is 5.26 Å². The maximum atomic E-state index is 13.1. The number of nitro groups is 1. The number of non-ortho nitro benzene ring substituents is 1. The van der Waals surface area contributed by atoms with Crippen molar-refractivity contribution in [1.82, 2.24) is 0 Å². The van der Waals surface area contributed by atoms with E-state index < -0.39 is 16.6 Å². The Hall–Kier alpha value is -4.42. The topological polar surface area (TPSA) is 114 Å². The van der Waals surface area contributed by atoms with Crippen molar-refractivity contribution < 1.29 is 23.6 Å². The first kappa shape index (κ1) is 25.2. The van der Waals surface area contributed by atoms with Crippen LogP contribution in [0.2, 0.25) is 5.02 Å². The predicted octanol–water partition coefficient (Wildman–Crippen LogP) is 5.91. The van der Waals surface area contributed by atoms with E-state index in [-0.39, 0.29) is 41.0 Å². The van der Waals surface area contributed by atoms with Crippen LogP contribution in [-0.4, -0.2) is 17.4 Å². The van der Waals surface area contributed by atoms with Crippen molar-refractivity contribution in [3.63, 3.8) is 0 Å². The number of amides is 1.